The van der Waals surface area contributed by atoms with E-state index in [1.165, 1.54) is 31.3 Å². The van der Waals surface area contributed by atoms with Crippen LogP contribution in [0.3, 0.4) is 0 Å². The molecule has 1 saturated heterocycles. The SMILES string of the molecule is COc1cc(OC)c(/C(O)=C2\C(=O)C(=O)N(c3ccc(C)cc3C)C2c2ccncc2)cc1Cl. The Hall–Kier alpha value is -3.84. The fraction of sp³-hybridized carbons (Fsp3) is 0.192. The molecule has 4 rings (SSSR count). The number of aliphatic hydroxyl groups is 1. The third kappa shape index (κ3) is 3.88. The zero-order chi connectivity index (χ0) is 24.6. The molecule has 1 fully saturated rings. The Morgan fingerprint density at radius 3 is 2.29 bits per heavy atom. The van der Waals surface area contributed by atoms with E-state index in [-0.39, 0.29) is 21.9 Å². The van der Waals surface area contributed by atoms with Crippen LogP contribution in [0.5, 0.6) is 11.5 Å². The van der Waals surface area contributed by atoms with Crippen LogP contribution in [0.15, 0.2) is 60.4 Å². The molecule has 0 spiro atoms. The number of amides is 1. The summed E-state index contributed by atoms with van der Waals surface area (Å²) in [7, 11) is 2.88. The summed E-state index contributed by atoms with van der Waals surface area (Å²) in [5.41, 5.74) is 3.14. The summed E-state index contributed by atoms with van der Waals surface area (Å²) in [6, 6.07) is 11.1. The fourth-order valence-corrected chi connectivity index (χ4v) is 4.45. The minimum Gasteiger partial charge on any atom is -0.507 e. The second-order valence-corrected chi connectivity index (χ2v) is 8.33. The van der Waals surface area contributed by atoms with E-state index >= 15 is 0 Å². The van der Waals surface area contributed by atoms with Crippen molar-refractivity contribution in [2.45, 2.75) is 19.9 Å². The molecule has 7 nitrogen and oxygen atoms in total. The second-order valence-electron chi connectivity index (χ2n) is 7.93. The van der Waals surface area contributed by atoms with E-state index in [1.54, 1.807) is 30.6 Å². The van der Waals surface area contributed by atoms with Crippen molar-refractivity contribution in [3.63, 3.8) is 0 Å². The number of ether oxygens (including phenoxy) is 2. The van der Waals surface area contributed by atoms with Crippen LogP contribution in [-0.4, -0.2) is 36.0 Å². The first-order valence-corrected chi connectivity index (χ1v) is 10.9. The van der Waals surface area contributed by atoms with Gasteiger partial charge in [0.25, 0.3) is 11.7 Å². The van der Waals surface area contributed by atoms with E-state index in [4.69, 9.17) is 21.1 Å². The van der Waals surface area contributed by atoms with Crippen molar-refractivity contribution >= 4 is 34.7 Å². The molecule has 1 aliphatic heterocycles. The predicted octanol–water partition coefficient (Wildman–Crippen LogP) is 5.00. The number of ketones is 1. The first-order valence-electron chi connectivity index (χ1n) is 10.5. The van der Waals surface area contributed by atoms with Crippen molar-refractivity contribution in [1.82, 2.24) is 4.98 Å². The highest BCUT2D eigenvalue weighted by molar-refractivity contribution is 6.52. The Morgan fingerprint density at radius 1 is 1.00 bits per heavy atom. The number of hydrogen-bond donors (Lipinski definition) is 1. The van der Waals surface area contributed by atoms with Crippen LogP contribution in [-0.2, 0) is 9.59 Å². The number of halogens is 1. The summed E-state index contributed by atoms with van der Waals surface area (Å²) >= 11 is 6.30. The van der Waals surface area contributed by atoms with Gasteiger partial charge in [-0.2, -0.15) is 0 Å². The molecule has 8 heteroatoms. The number of aliphatic hydroxyl groups excluding tert-OH is 1. The van der Waals surface area contributed by atoms with Crippen molar-refractivity contribution in [2.75, 3.05) is 19.1 Å². The van der Waals surface area contributed by atoms with Gasteiger partial charge in [0.2, 0.25) is 0 Å². The molecular formula is C26H23ClN2O5. The fourth-order valence-electron chi connectivity index (χ4n) is 4.21. The van der Waals surface area contributed by atoms with Gasteiger partial charge in [0.05, 0.1) is 36.4 Å². The monoisotopic (exact) mass is 478 g/mol. The van der Waals surface area contributed by atoms with Crippen LogP contribution in [0.2, 0.25) is 5.02 Å². The molecule has 1 unspecified atom stereocenters. The average molecular weight is 479 g/mol. The van der Waals surface area contributed by atoms with Crippen LogP contribution in [0.25, 0.3) is 5.76 Å². The summed E-state index contributed by atoms with van der Waals surface area (Å²) < 4.78 is 10.6. The van der Waals surface area contributed by atoms with Gasteiger partial charge in [0, 0.05) is 24.1 Å². The van der Waals surface area contributed by atoms with Crippen LogP contribution >= 0.6 is 11.6 Å². The summed E-state index contributed by atoms with van der Waals surface area (Å²) in [6.45, 7) is 3.82. The lowest BCUT2D eigenvalue weighted by Crippen LogP contribution is -2.30. The molecule has 1 amide bonds. The first-order chi connectivity index (χ1) is 16.3. The highest BCUT2D eigenvalue weighted by Gasteiger charge is 2.47. The number of nitrogens with zero attached hydrogens (tertiary/aromatic N) is 2. The third-order valence-corrected chi connectivity index (χ3v) is 6.10. The van der Waals surface area contributed by atoms with Gasteiger partial charge in [-0.1, -0.05) is 29.3 Å². The molecule has 3 aromatic rings. The summed E-state index contributed by atoms with van der Waals surface area (Å²) in [6.07, 6.45) is 3.14. The number of aryl methyl sites for hydroxylation is 2. The minimum atomic E-state index is -0.880. The number of carbonyl (C=O) groups is 2. The Labute approximate surface area is 202 Å². The lowest BCUT2D eigenvalue weighted by molar-refractivity contribution is -0.132. The third-order valence-electron chi connectivity index (χ3n) is 5.81. The molecule has 34 heavy (non-hydrogen) atoms. The van der Waals surface area contributed by atoms with Gasteiger partial charge in [-0.05, 0) is 49.2 Å². The highest BCUT2D eigenvalue weighted by atomic mass is 35.5. The Bertz CT molecular complexity index is 1320. The minimum absolute atomic E-state index is 0.0734. The van der Waals surface area contributed by atoms with Crippen LogP contribution in [0.1, 0.15) is 28.3 Å². The number of benzene rings is 2. The van der Waals surface area contributed by atoms with Crippen molar-refractivity contribution in [3.05, 3.63) is 87.7 Å². The van der Waals surface area contributed by atoms with Crippen molar-refractivity contribution in [3.8, 4) is 11.5 Å². The number of carbonyl (C=O) groups excluding carboxylic acids is 2. The number of pyridine rings is 1. The van der Waals surface area contributed by atoms with Gasteiger partial charge in [-0.25, -0.2) is 0 Å². The van der Waals surface area contributed by atoms with Gasteiger partial charge in [0.15, 0.2) is 0 Å². The Morgan fingerprint density at radius 2 is 1.68 bits per heavy atom. The van der Waals surface area contributed by atoms with Crippen LogP contribution < -0.4 is 14.4 Å². The molecule has 2 heterocycles. The highest BCUT2D eigenvalue weighted by Crippen LogP contribution is 2.45. The summed E-state index contributed by atoms with van der Waals surface area (Å²) in [5, 5.41) is 11.6. The maximum Gasteiger partial charge on any atom is 0.300 e. The molecule has 174 valence electrons. The number of methoxy groups -OCH3 is 2. The zero-order valence-electron chi connectivity index (χ0n) is 19.1. The molecule has 1 atom stereocenters. The molecule has 1 N–H and O–H groups in total. The summed E-state index contributed by atoms with van der Waals surface area (Å²) in [5.74, 6) is -1.36. The van der Waals surface area contributed by atoms with E-state index < -0.39 is 23.5 Å². The number of rotatable bonds is 5. The molecule has 0 radical (unpaired) electrons. The molecule has 0 saturated carbocycles. The number of aromatic nitrogens is 1. The maximum atomic E-state index is 13.4. The van der Waals surface area contributed by atoms with Crippen LogP contribution in [0, 0.1) is 13.8 Å². The van der Waals surface area contributed by atoms with Crippen molar-refractivity contribution in [1.29, 1.82) is 0 Å². The predicted molar refractivity (Wildman–Crippen MR) is 129 cm³/mol. The lowest BCUT2D eigenvalue weighted by atomic mass is 9.95. The molecule has 0 bridgehead atoms. The smallest absolute Gasteiger partial charge is 0.300 e. The number of Topliss-reactive ketones (excluding diaryl/α,β-unsaturated/α-hetero) is 1. The number of hydrogen-bond acceptors (Lipinski definition) is 6. The molecular weight excluding hydrogens is 456 g/mol. The van der Waals surface area contributed by atoms with Crippen LogP contribution in [0.4, 0.5) is 5.69 Å². The molecule has 1 aliphatic rings. The van der Waals surface area contributed by atoms with Crippen molar-refractivity contribution in [2.24, 2.45) is 0 Å². The topological polar surface area (TPSA) is 89.0 Å². The van der Waals surface area contributed by atoms with Gasteiger partial charge in [0.1, 0.15) is 17.3 Å². The Kier molecular flexibility index (Phi) is 6.30. The first kappa shape index (κ1) is 23.3. The second kappa shape index (κ2) is 9.19. The molecule has 1 aromatic heterocycles. The lowest BCUT2D eigenvalue weighted by Gasteiger charge is -2.27. The largest absolute Gasteiger partial charge is 0.507 e. The van der Waals surface area contributed by atoms with Gasteiger partial charge in [-0.3, -0.25) is 19.5 Å². The molecule has 0 aliphatic carbocycles. The van der Waals surface area contributed by atoms with Gasteiger partial charge >= 0.3 is 0 Å². The van der Waals surface area contributed by atoms with E-state index in [1.807, 2.05) is 26.0 Å². The van der Waals surface area contributed by atoms with Gasteiger partial charge < -0.3 is 14.6 Å². The number of anilines is 1. The zero-order valence-corrected chi connectivity index (χ0v) is 19.9. The van der Waals surface area contributed by atoms with Gasteiger partial charge in [-0.15, -0.1) is 0 Å². The maximum absolute atomic E-state index is 13.4. The van der Waals surface area contributed by atoms with E-state index in [2.05, 4.69) is 4.98 Å². The molecule has 2 aromatic carbocycles. The van der Waals surface area contributed by atoms with E-state index in [0.717, 1.165) is 11.1 Å². The quantitative estimate of drug-likeness (QED) is 0.315. The van der Waals surface area contributed by atoms with E-state index in [0.29, 0.717) is 17.0 Å². The standard InChI is InChI=1S/C26H23ClN2O5/c1-14-5-6-19(15(2)11-14)29-23(16-7-9-28-10-8-16)22(25(31)26(29)32)24(30)17-12-18(27)21(34-4)13-20(17)33-3/h5-13,23,30H,1-4H3/b24-22+. The Balaban J connectivity index is 2.00. The van der Waals surface area contributed by atoms with E-state index in [9.17, 15) is 14.7 Å². The van der Waals surface area contributed by atoms with Crippen molar-refractivity contribution < 1.29 is 24.2 Å². The summed E-state index contributed by atoms with van der Waals surface area (Å²) in [4.78, 5) is 32.1. The normalized spacial score (nSPS) is 17.2. The average Bonchev–Trinajstić information content (AvgIpc) is 3.09.